The summed E-state index contributed by atoms with van der Waals surface area (Å²) in [5.41, 5.74) is 6.47. The van der Waals surface area contributed by atoms with Crippen molar-refractivity contribution in [2.45, 2.75) is 0 Å². The molecule has 130 valence electrons. The first-order chi connectivity index (χ1) is 13.2. The van der Waals surface area contributed by atoms with E-state index in [9.17, 15) is 4.91 Å². The normalized spacial score (nSPS) is 12.3. The molecule has 0 amide bonds. The summed E-state index contributed by atoms with van der Waals surface area (Å²) in [4.78, 5) is 31.1. The van der Waals surface area contributed by atoms with Gasteiger partial charge in [0.25, 0.3) is 0 Å². The Hall–Kier alpha value is -4.00. The van der Waals surface area contributed by atoms with Gasteiger partial charge in [0.1, 0.15) is 0 Å². The van der Waals surface area contributed by atoms with E-state index in [4.69, 9.17) is 4.84 Å². The summed E-state index contributed by atoms with van der Waals surface area (Å²) in [6.07, 6.45) is 7.72. The molecular formula is C20H13N5O2. The SMILES string of the molecule is O=NOc1cc2cc3ccc(cc4nc(cc5nc(cc1[nH]2)C=C5)C=C4)[nH]3. The van der Waals surface area contributed by atoms with Crippen molar-refractivity contribution < 1.29 is 4.84 Å². The van der Waals surface area contributed by atoms with E-state index in [-0.39, 0.29) is 0 Å². The van der Waals surface area contributed by atoms with Gasteiger partial charge in [-0.25, -0.2) is 9.97 Å². The van der Waals surface area contributed by atoms with Gasteiger partial charge in [-0.05, 0) is 60.7 Å². The number of hydrogen-bond donors (Lipinski definition) is 2. The second-order valence-electron chi connectivity index (χ2n) is 6.20. The molecule has 3 aromatic rings. The molecule has 0 saturated carbocycles. The monoisotopic (exact) mass is 355 g/mol. The fourth-order valence-corrected chi connectivity index (χ4v) is 3.11. The minimum atomic E-state index is 0.342. The van der Waals surface area contributed by atoms with Crippen LogP contribution < -0.4 is 4.84 Å². The van der Waals surface area contributed by atoms with E-state index in [1.807, 2.05) is 54.6 Å². The van der Waals surface area contributed by atoms with Crippen molar-refractivity contribution in [3.05, 3.63) is 70.1 Å². The second-order valence-corrected chi connectivity index (χ2v) is 6.20. The number of nitrogens with one attached hydrogen (secondary N) is 2. The zero-order valence-corrected chi connectivity index (χ0v) is 14.0. The maximum absolute atomic E-state index is 10.6. The van der Waals surface area contributed by atoms with Gasteiger partial charge < -0.3 is 14.8 Å². The molecule has 0 atom stereocenters. The molecule has 7 nitrogen and oxygen atoms in total. The second kappa shape index (κ2) is 6.06. The van der Waals surface area contributed by atoms with E-state index >= 15 is 0 Å². The molecule has 5 rings (SSSR count). The van der Waals surface area contributed by atoms with E-state index < -0.39 is 0 Å². The van der Waals surface area contributed by atoms with Crippen molar-refractivity contribution in [1.82, 2.24) is 19.9 Å². The van der Waals surface area contributed by atoms with Gasteiger partial charge >= 0.3 is 0 Å². The molecule has 5 heterocycles. The Balaban J connectivity index is 1.85. The zero-order chi connectivity index (χ0) is 18.2. The maximum Gasteiger partial charge on any atom is 0.187 e. The number of aromatic amines is 2. The minimum Gasteiger partial charge on any atom is -0.355 e. The van der Waals surface area contributed by atoms with E-state index in [1.54, 1.807) is 12.1 Å². The summed E-state index contributed by atoms with van der Waals surface area (Å²) in [5.74, 6) is 0.342. The number of H-pyrrole nitrogens is 2. The third-order valence-electron chi connectivity index (χ3n) is 4.27. The van der Waals surface area contributed by atoms with Crippen LogP contribution in [0.5, 0.6) is 5.75 Å². The highest BCUT2D eigenvalue weighted by molar-refractivity contribution is 5.79. The van der Waals surface area contributed by atoms with Crippen LogP contribution in [0, 0.1) is 4.91 Å². The van der Waals surface area contributed by atoms with Crippen LogP contribution in [-0.2, 0) is 0 Å². The van der Waals surface area contributed by atoms with Crippen molar-refractivity contribution in [3.63, 3.8) is 0 Å². The fourth-order valence-electron chi connectivity index (χ4n) is 3.11. The molecule has 0 aromatic carbocycles. The predicted octanol–water partition coefficient (Wildman–Crippen LogP) is 4.72. The predicted molar refractivity (Wildman–Crippen MR) is 105 cm³/mol. The Kier molecular flexibility index (Phi) is 3.43. The maximum atomic E-state index is 10.6. The lowest BCUT2D eigenvalue weighted by Gasteiger charge is -1.89. The molecule has 2 aliphatic rings. The van der Waals surface area contributed by atoms with E-state index in [1.165, 1.54) is 0 Å². The molecule has 0 radical (unpaired) electrons. The van der Waals surface area contributed by atoms with Gasteiger partial charge in [-0.1, -0.05) is 0 Å². The van der Waals surface area contributed by atoms with E-state index in [2.05, 4.69) is 25.3 Å². The molecule has 0 unspecified atom stereocenters. The summed E-state index contributed by atoms with van der Waals surface area (Å²) in [7, 11) is 0. The zero-order valence-electron chi connectivity index (χ0n) is 14.0. The van der Waals surface area contributed by atoms with Crippen LogP contribution in [0.4, 0.5) is 0 Å². The molecule has 0 spiro atoms. The topological polar surface area (TPSA) is 96.0 Å². The van der Waals surface area contributed by atoms with Crippen molar-refractivity contribution in [3.8, 4) is 5.75 Å². The Labute approximate surface area is 153 Å². The van der Waals surface area contributed by atoms with E-state index in [0.29, 0.717) is 11.3 Å². The molecule has 0 fully saturated rings. The number of hydrogen-bond acceptors (Lipinski definition) is 5. The van der Waals surface area contributed by atoms with Gasteiger partial charge in [0.05, 0.1) is 28.3 Å². The molecule has 0 saturated heterocycles. The van der Waals surface area contributed by atoms with Gasteiger partial charge in [0.2, 0.25) is 0 Å². The third kappa shape index (κ3) is 3.02. The number of nitrogens with zero attached hydrogens (tertiary/aromatic N) is 3. The average Bonchev–Trinajstić information content (AvgIpc) is 3.41. The number of aromatic nitrogens is 4. The summed E-state index contributed by atoms with van der Waals surface area (Å²) < 4.78 is 0. The highest BCUT2D eigenvalue weighted by Crippen LogP contribution is 2.24. The van der Waals surface area contributed by atoms with E-state index in [0.717, 1.165) is 39.3 Å². The Morgan fingerprint density at radius 2 is 1.33 bits per heavy atom. The molecule has 3 aromatic heterocycles. The number of rotatable bonds is 2. The largest absolute Gasteiger partial charge is 0.355 e. The summed E-state index contributed by atoms with van der Waals surface area (Å²) >= 11 is 0. The van der Waals surface area contributed by atoms with Crippen LogP contribution >= 0.6 is 0 Å². The summed E-state index contributed by atoms with van der Waals surface area (Å²) in [6, 6.07) is 13.3. The smallest absolute Gasteiger partial charge is 0.187 e. The Morgan fingerprint density at radius 3 is 2.04 bits per heavy atom. The van der Waals surface area contributed by atoms with Gasteiger partial charge in [-0.15, -0.1) is 4.91 Å². The quantitative estimate of drug-likeness (QED) is 0.354. The van der Waals surface area contributed by atoms with Gasteiger partial charge in [0, 0.05) is 22.6 Å². The summed E-state index contributed by atoms with van der Waals surface area (Å²) in [6.45, 7) is 0. The van der Waals surface area contributed by atoms with Crippen LogP contribution in [0.25, 0.3) is 46.4 Å². The molecule has 7 heteroatoms. The van der Waals surface area contributed by atoms with Crippen LogP contribution in [0.1, 0.15) is 22.8 Å². The van der Waals surface area contributed by atoms with Gasteiger partial charge in [0.15, 0.2) is 11.1 Å². The lowest BCUT2D eigenvalue weighted by molar-refractivity contribution is 0.339. The summed E-state index contributed by atoms with van der Waals surface area (Å²) in [5, 5.41) is 2.55. The lowest BCUT2D eigenvalue weighted by Crippen LogP contribution is -1.79. The average molecular weight is 355 g/mol. The molecule has 2 aliphatic heterocycles. The molecule has 8 bridgehead atoms. The fraction of sp³-hybridized carbons (Fsp3) is 0. The van der Waals surface area contributed by atoms with Crippen LogP contribution in [0.3, 0.4) is 0 Å². The van der Waals surface area contributed by atoms with Gasteiger partial charge in [-0.2, -0.15) is 0 Å². The first-order valence-corrected chi connectivity index (χ1v) is 8.33. The standard InChI is InChI=1S/C20H13N5O2/c26-25-27-20-11-18-9-16-4-3-14(22-16)7-12-1-2-13(21-12)8-15-5-6-17(23-15)10-19(20)24-18/h1-11,22,24H. The lowest BCUT2D eigenvalue weighted by atomic mass is 10.3. The first kappa shape index (κ1) is 15.3. The Morgan fingerprint density at radius 1 is 0.704 bits per heavy atom. The highest BCUT2D eigenvalue weighted by atomic mass is 16.7. The Bertz CT molecular complexity index is 1280. The van der Waals surface area contributed by atoms with Crippen LogP contribution in [-0.4, -0.2) is 19.9 Å². The molecule has 0 aliphatic carbocycles. The minimum absolute atomic E-state index is 0.342. The van der Waals surface area contributed by atoms with Crippen LogP contribution in [0.15, 0.2) is 47.8 Å². The van der Waals surface area contributed by atoms with Crippen molar-refractivity contribution >= 4 is 46.4 Å². The molecular weight excluding hydrogens is 342 g/mol. The third-order valence-corrected chi connectivity index (χ3v) is 4.27. The van der Waals surface area contributed by atoms with Crippen molar-refractivity contribution in [2.75, 3.05) is 0 Å². The first-order valence-electron chi connectivity index (χ1n) is 8.33. The highest BCUT2D eigenvalue weighted by Gasteiger charge is 2.06. The molecule has 27 heavy (non-hydrogen) atoms. The van der Waals surface area contributed by atoms with Gasteiger partial charge in [-0.3, -0.25) is 0 Å². The van der Waals surface area contributed by atoms with Crippen LogP contribution in [0.2, 0.25) is 0 Å². The molecule has 2 N–H and O–H groups in total. The van der Waals surface area contributed by atoms with Crippen molar-refractivity contribution in [2.24, 2.45) is 5.34 Å². The van der Waals surface area contributed by atoms with Crippen molar-refractivity contribution in [1.29, 1.82) is 0 Å². The number of fused-ring (bicyclic) bond motifs is 8.